The van der Waals surface area contributed by atoms with Gasteiger partial charge in [-0.25, -0.2) is 4.79 Å². The largest absolute Gasteiger partial charge is 0.459 e. The van der Waals surface area contributed by atoms with Crippen molar-refractivity contribution in [1.82, 2.24) is 5.32 Å². The van der Waals surface area contributed by atoms with E-state index in [0.29, 0.717) is 10.6 Å². The summed E-state index contributed by atoms with van der Waals surface area (Å²) in [5.41, 5.74) is 1.28. The molecule has 2 aliphatic rings. The van der Waals surface area contributed by atoms with Crippen LogP contribution >= 0.6 is 11.3 Å². The quantitative estimate of drug-likeness (QED) is 0.700. The van der Waals surface area contributed by atoms with Gasteiger partial charge in [0.2, 0.25) is 0 Å². The summed E-state index contributed by atoms with van der Waals surface area (Å²) in [6, 6.07) is 3.35. The third-order valence-electron chi connectivity index (χ3n) is 5.45. The van der Waals surface area contributed by atoms with Gasteiger partial charge in [0.15, 0.2) is 11.9 Å². The number of rotatable bonds is 6. The Kier molecular flexibility index (Phi) is 5.71. The van der Waals surface area contributed by atoms with Gasteiger partial charge in [0.05, 0.1) is 11.8 Å². The van der Waals surface area contributed by atoms with Gasteiger partial charge in [-0.15, -0.1) is 11.3 Å². The Labute approximate surface area is 172 Å². The maximum atomic E-state index is 12.9. The molecule has 2 amide bonds. The predicted molar refractivity (Wildman–Crippen MR) is 108 cm³/mol. The van der Waals surface area contributed by atoms with Crippen molar-refractivity contribution in [2.75, 3.05) is 5.32 Å². The summed E-state index contributed by atoms with van der Waals surface area (Å²) < 4.78 is 10.6. The Morgan fingerprint density at radius 1 is 1.21 bits per heavy atom. The molecule has 0 unspecified atom stereocenters. The van der Waals surface area contributed by atoms with Gasteiger partial charge in [0.1, 0.15) is 5.00 Å². The number of hydrogen-bond donors (Lipinski definition) is 2. The van der Waals surface area contributed by atoms with Gasteiger partial charge >= 0.3 is 5.97 Å². The summed E-state index contributed by atoms with van der Waals surface area (Å²) in [5.74, 6) is -1.11. The molecular formula is C21H24N2O5S. The first-order valence-electron chi connectivity index (χ1n) is 10.0. The maximum Gasteiger partial charge on any atom is 0.342 e. The lowest BCUT2D eigenvalue weighted by Crippen LogP contribution is -2.41. The topological polar surface area (TPSA) is 97.6 Å². The van der Waals surface area contributed by atoms with Gasteiger partial charge in [-0.1, -0.05) is 12.8 Å². The highest BCUT2D eigenvalue weighted by molar-refractivity contribution is 7.17. The Balaban J connectivity index is 1.48. The van der Waals surface area contributed by atoms with E-state index in [9.17, 15) is 14.4 Å². The maximum absolute atomic E-state index is 12.9. The standard InChI is InChI=1S/C21H24N2O5S/c1-12(18(24)22-13-6-2-3-7-13)28-21(26)17-14-8-4-10-16(14)29-20(17)23-19(25)15-9-5-11-27-15/h5,9,11-13H,2-4,6-8,10H2,1H3,(H,22,24)(H,23,25)/t12-/m0/s1. The molecule has 0 saturated heterocycles. The van der Waals surface area contributed by atoms with E-state index >= 15 is 0 Å². The molecule has 2 heterocycles. The van der Waals surface area contributed by atoms with Crippen LogP contribution in [0.15, 0.2) is 22.8 Å². The van der Waals surface area contributed by atoms with Crippen LogP contribution < -0.4 is 10.6 Å². The molecule has 7 nitrogen and oxygen atoms in total. The predicted octanol–water partition coefficient (Wildman–Crippen LogP) is 3.69. The summed E-state index contributed by atoms with van der Waals surface area (Å²) in [6.07, 6.45) is 7.27. The second-order valence-corrected chi connectivity index (χ2v) is 8.64. The number of hydrogen-bond acceptors (Lipinski definition) is 6. The summed E-state index contributed by atoms with van der Waals surface area (Å²) in [6.45, 7) is 1.58. The molecule has 2 aromatic heterocycles. The van der Waals surface area contributed by atoms with Crippen LogP contribution in [-0.4, -0.2) is 29.9 Å². The normalized spacial score (nSPS) is 17.0. The molecule has 0 spiro atoms. The van der Waals surface area contributed by atoms with Gasteiger partial charge in [0, 0.05) is 10.9 Å². The van der Waals surface area contributed by atoms with E-state index < -0.39 is 18.0 Å². The molecule has 0 aromatic carbocycles. The Hall–Kier alpha value is -2.61. The number of anilines is 1. The summed E-state index contributed by atoms with van der Waals surface area (Å²) in [7, 11) is 0. The van der Waals surface area contributed by atoms with Crippen molar-refractivity contribution in [3.8, 4) is 0 Å². The van der Waals surface area contributed by atoms with Crippen LogP contribution in [0.4, 0.5) is 5.00 Å². The summed E-state index contributed by atoms with van der Waals surface area (Å²) in [4.78, 5) is 38.8. The molecule has 1 fully saturated rings. The second kappa shape index (κ2) is 8.41. The van der Waals surface area contributed by atoms with Crippen LogP contribution in [0.5, 0.6) is 0 Å². The van der Waals surface area contributed by atoms with Gasteiger partial charge in [-0.2, -0.15) is 0 Å². The number of furan rings is 1. The minimum atomic E-state index is -0.895. The highest BCUT2D eigenvalue weighted by atomic mass is 32.1. The van der Waals surface area contributed by atoms with Crippen LogP contribution in [0.2, 0.25) is 0 Å². The molecule has 4 rings (SSSR count). The number of carbonyl (C=O) groups is 3. The molecule has 1 saturated carbocycles. The molecular weight excluding hydrogens is 392 g/mol. The number of thiophene rings is 1. The third-order valence-corrected chi connectivity index (χ3v) is 6.66. The molecule has 29 heavy (non-hydrogen) atoms. The zero-order chi connectivity index (χ0) is 20.4. The molecule has 1 atom stereocenters. The van der Waals surface area contributed by atoms with Crippen LogP contribution in [0, 0.1) is 0 Å². The lowest BCUT2D eigenvalue weighted by molar-refractivity contribution is -0.129. The number of carbonyl (C=O) groups excluding carboxylic acids is 3. The lowest BCUT2D eigenvalue weighted by Gasteiger charge is -2.17. The van der Waals surface area contributed by atoms with Crippen molar-refractivity contribution in [3.63, 3.8) is 0 Å². The van der Waals surface area contributed by atoms with E-state index in [-0.39, 0.29) is 17.7 Å². The third kappa shape index (κ3) is 4.22. The van der Waals surface area contributed by atoms with E-state index in [0.717, 1.165) is 55.4 Å². The van der Waals surface area contributed by atoms with E-state index in [2.05, 4.69) is 10.6 Å². The summed E-state index contributed by atoms with van der Waals surface area (Å²) >= 11 is 1.39. The lowest BCUT2D eigenvalue weighted by atomic mass is 10.1. The highest BCUT2D eigenvalue weighted by Crippen LogP contribution is 2.39. The minimum absolute atomic E-state index is 0.164. The Morgan fingerprint density at radius 2 is 2.00 bits per heavy atom. The molecule has 0 aliphatic heterocycles. The first-order chi connectivity index (χ1) is 14.0. The fourth-order valence-corrected chi connectivity index (χ4v) is 5.21. The molecule has 2 aromatic rings. The van der Waals surface area contributed by atoms with Crippen LogP contribution in [-0.2, 0) is 22.4 Å². The fourth-order valence-electron chi connectivity index (χ4n) is 3.94. The SMILES string of the molecule is C[C@H](OC(=O)c1c(NC(=O)c2ccco2)sc2c1CCC2)C(=O)NC1CCCC1. The fraction of sp³-hybridized carbons (Fsp3) is 0.476. The monoisotopic (exact) mass is 416 g/mol. The first-order valence-corrected chi connectivity index (χ1v) is 10.9. The zero-order valence-corrected chi connectivity index (χ0v) is 17.1. The van der Waals surface area contributed by atoms with Crippen LogP contribution in [0.25, 0.3) is 0 Å². The van der Waals surface area contributed by atoms with Gasteiger partial charge in [-0.3, -0.25) is 9.59 Å². The average molecular weight is 416 g/mol. The molecule has 154 valence electrons. The van der Waals surface area contributed by atoms with E-state index in [1.807, 2.05) is 0 Å². The van der Waals surface area contributed by atoms with Crippen LogP contribution in [0.1, 0.15) is 70.4 Å². The number of aryl methyl sites for hydroxylation is 1. The van der Waals surface area contributed by atoms with E-state index in [1.54, 1.807) is 19.1 Å². The van der Waals surface area contributed by atoms with Gasteiger partial charge in [0.25, 0.3) is 11.8 Å². The average Bonchev–Trinajstić information content (AvgIpc) is 3.46. The Bertz CT molecular complexity index is 912. The number of fused-ring (bicyclic) bond motifs is 1. The Morgan fingerprint density at radius 3 is 2.72 bits per heavy atom. The molecule has 0 radical (unpaired) electrons. The highest BCUT2D eigenvalue weighted by Gasteiger charge is 2.31. The van der Waals surface area contributed by atoms with Crippen molar-refractivity contribution in [2.24, 2.45) is 0 Å². The summed E-state index contributed by atoms with van der Waals surface area (Å²) in [5, 5.41) is 6.17. The van der Waals surface area contributed by atoms with E-state index in [4.69, 9.17) is 9.15 Å². The smallest absolute Gasteiger partial charge is 0.342 e. The molecule has 0 bridgehead atoms. The van der Waals surface area contributed by atoms with E-state index in [1.165, 1.54) is 17.6 Å². The number of nitrogens with one attached hydrogen (secondary N) is 2. The van der Waals surface area contributed by atoms with Crippen molar-refractivity contribution in [2.45, 2.75) is 64.0 Å². The number of amides is 2. The van der Waals surface area contributed by atoms with Crippen molar-refractivity contribution >= 4 is 34.1 Å². The van der Waals surface area contributed by atoms with Crippen molar-refractivity contribution in [1.29, 1.82) is 0 Å². The van der Waals surface area contributed by atoms with Gasteiger partial charge < -0.3 is 19.8 Å². The zero-order valence-electron chi connectivity index (χ0n) is 16.3. The number of ether oxygens (including phenoxy) is 1. The first kappa shape index (κ1) is 19.7. The minimum Gasteiger partial charge on any atom is -0.459 e. The molecule has 8 heteroatoms. The number of esters is 1. The van der Waals surface area contributed by atoms with Crippen molar-refractivity contribution in [3.05, 3.63) is 40.2 Å². The second-order valence-electron chi connectivity index (χ2n) is 7.53. The van der Waals surface area contributed by atoms with Crippen molar-refractivity contribution < 1.29 is 23.5 Å². The van der Waals surface area contributed by atoms with Crippen LogP contribution in [0.3, 0.4) is 0 Å². The van der Waals surface area contributed by atoms with Gasteiger partial charge in [-0.05, 0) is 56.7 Å². The molecule has 2 N–H and O–H groups in total. The molecule has 2 aliphatic carbocycles.